The van der Waals surface area contributed by atoms with Crippen molar-refractivity contribution in [3.8, 4) is 5.75 Å². The van der Waals surface area contributed by atoms with Crippen molar-refractivity contribution in [2.75, 3.05) is 55.8 Å². The number of anilines is 3. The summed E-state index contributed by atoms with van der Waals surface area (Å²) in [6, 6.07) is 6.39. The van der Waals surface area contributed by atoms with Crippen LogP contribution in [0.1, 0.15) is 25.3 Å². The van der Waals surface area contributed by atoms with E-state index in [1.165, 1.54) is 5.69 Å². The Morgan fingerprint density at radius 3 is 2.83 bits per heavy atom. The van der Waals surface area contributed by atoms with E-state index >= 15 is 0 Å². The van der Waals surface area contributed by atoms with Crippen molar-refractivity contribution in [3.05, 3.63) is 30.0 Å². The quantitative estimate of drug-likeness (QED) is 0.485. The number of benzene rings is 1. The Morgan fingerprint density at radius 1 is 1.23 bits per heavy atom. The Bertz CT molecular complexity index is 996. The van der Waals surface area contributed by atoms with Gasteiger partial charge in [0.1, 0.15) is 16.8 Å². The molecule has 0 bridgehead atoms. The molecule has 0 saturated carbocycles. The summed E-state index contributed by atoms with van der Waals surface area (Å²) in [6.07, 6.45) is 3.90. The Balaban J connectivity index is 1.63. The molecule has 1 aliphatic heterocycles. The van der Waals surface area contributed by atoms with Gasteiger partial charge in [-0.2, -0.15) is 10.1 Å². The number of unbranched alkanes of at least 4 members (excludes halogenated alkanes) is 1. The highest BCUT2D eigenvalue weighted by Gasteiger charge is 2.16. The summed E-state index contributed by atoms with van der Waals surface area (Å²) in [6.45, 7) is 7.54. The predicted molar refractivity (Wildman–Crippen MR) is 120 cm³/mol. The molecule has 9 heteroatoms. The van der Waals surface area contributed by atoms with Crippen LogP contribution >= 0.6 is 0 Å². The summed E-state index contributed by atoms with van der Waals surface area (Å²) in [4.78, 5) is 11.1. The zero-order chi connectivity index (χ0) is 20.9. The fourth-order valence-corrected chi connectivity index (χ4v) is 3.79. The van der Waals surface area contributed by atoms with E-state index in [9.17, 15) is 0 Å². The number of methoxy groups -OCH3 is 1. The van der Waals surface area contributed by atoms with Crippen LogP contribution in [-0.4, -0.2) is 59.6 Å². The summed E-state index contributed by atoms with van der Waals surface area (Å²) >= 11 is 0. The highest BCUT2D eigenvalue weighted by molar-refractivity contribution is 5.86. The van der Waals surface area contributed by atoms with Gasteiger partial charge in [0.05, 0.1) is 19.9 Å². The maximum Gasteiger partial charge on any atom is 0.222 e. The van der Waals surface area contributed by atoms with Crippen LogP contribution in [0, 0.1) is 0 Å². The van der Waals surface area contributed by atoms with Crippen LogP contribution < -0.4 is 26.0 Å². The van der Waals surface area contributed by atoms with E-state index in [4.69, 9.17) is 10.5 Å². The molecule has 160 valence electrons. The summed E-state index contributed by atoms with van der Waals surface area (Å²) in [5.41, 5.74) is 9.72. The third-order valence-corrected chi connectivity index (χ3v) is 5.40. The summed E-state index contributed by atoms with van der Waals surface area (Å²) < 4.78 is 7.62. The molecular weight excluding hydrogens is 380 g/mol. The van der Waals surface area contributed by atoms with E-state index in [0.717, 1.165) is 73.7 Å². The molecule has 1 fully saturated rings. The van der Waals surface area contributed by atoms with Crippen LogP contribution in [-0.2, 0) is 6.54 Å². The van der Waals surface area contributed by atoms with Gasteiger partial charge in [-0.25, -0.2) is 4.98 Å². The van der Waals surface area contributed by atoms with Crippen molar-refractivity contribution in [1.29, 1.82) is 0 Å². The van der Waals surface area contributed by atoms with E-state index in [1.54, 1.807) is 13.3 Å². The molecule has 3 aromatic rings. The molecule has 4 rings (SSSR count). The minimum Gasteiger partial charge on any atom is -0.496 e. The van der Waals surface area contributed by atoms with Crippen molar-refractivity contribution in [1.82, 2.24) is 25.1 Å². The lowest BCUT2D eigenvalue weighted by molar-refractivity contribution is 0.407. The third kappa shape index (κ3) is 4.25. The van der Waals surface area contributed by atoms with Crippen molar-refractivity contribution in [3.63, 3.8) is 0 Å². The maximum absolute atomic E-state index is 5.90. The largest absolute Gasteiger partial charge is 0.496 e. The molecule has 1 saturated heterocycles. The van der Waals surface area contributed by atoms with Gasteiger partial charge in [-0.15, -0.1) is 0 Å². The first-order valence-corrected chi connectivity index (χ1v) is 10.5. The topological polar surface area (TPSA) is 106 Å². The lowest BCUT2D eigenvalue weighted by Crippen LogP contribution is -2.43. The molecule has 0 spiro atoms. The molecule has 0 amide bonds. The average Bonchev–Trinajstić information content (AvgIpc) is 3.17. The van der Waals surface area contributed by atoms with Gasteiger partial charge in [0.15, 0.2) is 5.82 Å². The molecule has 4 N–H and O–H groups in total. The first-order chi connectivity index (χ1) is 14.7. The van der Waals surface area contributed by atoms with Crippen LogP contribution in [0.2, 0.25) is 0 Å². The standard InChI is InChI=1S/C21H30N8O/c1-3-4-7-24-20-19-17(26-21(22)27-20)13-25-29(19)14-15-5-6-16(12-18(15)30-2)28-10-8-23-9-11-28/h5-6,12-13,23H,3-4,7-11,14H2,1-2H3,(H3,22,24,26,27). The monoisotopic (exact) mass is 410 g/mol. The van der Waals surface area contributed by atoms with E-state index < -0.39 is 0 Å². The molecule has 0 radical (unpaired) electrons. The number of nitrogen functional groups attached to an aromatic ring is 1. The first kappa shape index (κ1) is 20.2. The Hall–Kier alpha value is -3.07. The van der Waals surface area contributed by atoms with Gasteiger partial charge in [-0.3, -0.25) is 4.68 Å². The smallest absolute Gasteiger partial charge is 0.222 e. The lowest BCUT2D eigenvalue weighted by Gasteiger charge is -2.30. The Kier molecular flexibility index (Phi) is 6.18. The highest BCUT2D eigenvalue weighted by Crippen LogP contribution is 2.28. The van der Waals surface area contributed by atoms with Crippen molar-refractivity contribution in [2.45, 2.75) is 26.3 Å². The minimum absolute atomic E-state index is 0.249. The molecular formula is C21H30N8O. The molecule has 3 heterocycles. The fourth-order valence-electron chi connectivity index (χ4n) is 3.79. The number of aromatic nitrogens is 4. The second-order valence-electron chi connectivity index (χ2n) is 7.48. The van der Waals surface area contributed by atoms with E-state index in [2.05, 4.69) is 55.7 Å². The van der Waals surface area contributed by atoms with Gasteiger partial charge in [-0.1, -0.05) is 19.4 Å². The Morgan fingerprint density at radius 2 is 2.07 bits per heavy atom. The number of rotatable bonds is 8. The SMILES string of the molecule is CCCCNc1nc(N)nc2cnn(Cc3ccc(N4CCNCC4)cc3OC)c12. The van der Waals surface area contributed by atoms with Crippen molar-refractivity contribution in [2.24, 2.45) is 0 Å². The highest BCUT2D eigenvalue weighted by atomic mass is 16.5. The molecule has 30 heavy (non-hydrogen) atoms. The number of hydrogen-bond acceptors (Lipinski definition) is 8. The van der Waals surface area contributed by atoms with Gasteiger partial charge < -0.3 is 26.0 Å². The molecule has 0 aliphatic carbocycles. The summed E-state index contributed by atoms with van der Waals surface area (Å²) in [5.74, 6) is 1.82. The van der Waals surface area contributed by atoms with Gasteiger partial charge in [0, 0.05) is 50.0 Å². The zero-order valence-electron chi connectivity index (χ0n) is 17.7. The summed E-state index contributed by atoms with van der Waals surface area (Å²) in [7, 11) is 1.71. The predicted octanol–water partition coefficient (Wildman–Crippen LogP) is 2.09. The van der Waals surface area contributed by atoms with Gasteiger partial charge in [-0.05, 0) is 12.5 Å². The number of ether oxygens (including phenoxy) is 1. The van der Waals surface area contributed by atoms with Gasteiger partial charge >= 0.3 is 0 Å². The molecule has 1 aliphatic rings. The molecule has 1 aromatic carbocycles. The number of piperazine rings is 1. The normalized spacial score (nSPS) is 14.3. The number of nitrogens with two attached hydrogens (primary N) is 1. The van der Waals surface area contributed by atoms with Crippen LogP contribution in [0.25, 0.3) is 11.0 Å². The number of fused-ring (bicyclic) bond motifs is 1. The van der Waals surface area contributed by atoms with E-state index in [-0.39, 0.29) is 5.95 Å². The summed E-state index contributed by atoms with van der Waals surface area (Å²) in [5, 5.41) is 11.3. The Labute approximate surface area is 176 Å². The van der Waals surface area contributed by atoms with Gasteiger partial charge in [0.25, 0.3) is 0 Å². The molecule has 2 aromatic heterocycles. The molecule has 9 nitrogen and oxygen atoms in total. The van der Waals surface area contributed by atoms with E-state index in [1.807, 2.05) is 4.68 Å². The first-order valence-electron chi connectivity index (χ1n) is 10.5. The second kappa shape index (κ2) is 9.17. The molecule has 0 unspecified atom stereocenters. The molecule has 0 atom stereocenters. The third-order valence-electron chi connectivity index (χ3n) is 5.40. The van der Waals surface area contributed by atoms with Crippen LogP contribution in [0.5, 0.6) is 5.75 Å². The van der Waals surface area contributed by atoms with Crippen LogP contribution in [0.15, 0.2) is 24.4 Å². The van der Waals surface area contributed by atoms with Crippen molar-refractivity contribution >= 4 is 28.5 Å². The number of nitrogens with zero attached hydrogens (tertiary/aromatic N) is 5. The zero-order valence-corrected chi connectivity index (χ0v) is 17.7. The lowest BCUT2D eigenvalue weighted by atomic mass is 10.1. The second-order valence-corrected chi connectivity index (χ2v) is 7.48. The van der Waals surface area contributed by atoms with Gasteiger partial charge in [0.2, 0.25) is 5.95 Å². The number of nitrogens with one attached hydrogen (secondary N) is 2. The minimum atomic E-state index is 0.249. The average molecular weight is 411 g/mol. The van der Waals surface area contributed by atoms with Crippen LogP contribution in [0.4, 0.5) is 17.5 Å². The van der Waals surface area contributed by atoms with E-state index in [0.29, 0.717) is 6.54 Å². The maximum atomic E-state index is 5.90. The van der Waals surface area contributed by atoms with Crippen molar-refractivity contribution < 1.29 is 4.74 Å². The van der Waals surface area contributed by atoms with Crippen LogP contribution in [0.3, 0.4) is 0 Å². The fraction of sp³-hybridized carbons (Fsp3) is 0.476. The number of hydrogen-bond donors (Lipinski definition) is 3.